The summed E-state index contributed by atoms with van der Waals surface area (Å²) in [4.78, 5) is 19.8. The van der Waals surface area contributed by atoms with E-state index in [9.17, 15) is 4.79 Å². The van der Waals surface area contributed by atoms with E-state index in [1.807, 2.05) is 72.8 Å². The molecule has 2 aliphatic rings. The number of fused-ring (bicyclic) bond motifs is 4. The van der Waals surface area contributed by atoms with Gasteiger partial charge in [-0.05, 0) is 36.4 Å². The molecule has 0 spiro atoms. The lowest BCUT2D eigenvalue weighted by Crippen LogP contribution is -2.10. The maximum absolute atomic E-state index is 12.8. The average molecular weight is 449 g/mol. The molecule has 0 N–H and O–H groups in total. The monoisotopic (exact) mass is 448 g/mol. The normalized spacial score (nSPS) is 11.3. The fraction of sp³-hybridized carbons (Fsp3) is 0. The molecular formula is C28H17ClN2O2. The van der Waals surface area contributed by atoms with Crippen molar-refractivity contribution in [2.45, 2.75) is 0 Å². The Balaban J connectivity index is 1.61. The third-order valence-electron chi connectivity index (χ3n) is 5.72. The Morgan fingerprint density at radius 1 is 0.697 bits per heavy atom. The topological polar surface area (TPSA) is 46.3 Å². The second-order valence-corrected chi connectivity index (χ2v) is 8.12. The lowest BCUT2D eigenvalue weighted by atomic mass is 10.0. The van der Waals surface area contributed by atoms with Crippen LogP contribution in [0.2, 0.25) is 5.02 Å². The molecule has 4 aromatic rings. The molecule has 0 saturated heterocycles. The van der Waals surface area contributed by atoms with Crippen LogP contribution in [-0.2, 0) is 0 Å². The van der Waals surface area contributed by atoms with Gasteiger partial charge in [-0.25, -0.2) is 4.98 Å². The summed E-state index contributed by atoms with van der Waals surface area (Å²) < 4.78 is 6.21. The predicted molar refractivity (Wildman–Crippen MR) is 134 cm³/mol. The Morgan fingerprint density at radius 3 is 1.97 bits per heavy atom. The van der Waals surface area contributed by atoms with Gasteiger partial charge in [0.2, 0.25) is 5.43 Å². The molecule has 1 aliphatic heterocycles. The molecule has 0 amide bonds. The highest BCUT2D eigenvalue weighted by Crippen LogP contribution is 2.38. The van der Waals surface area contributed by atoms with Crippen molar-refractivity contribution in [3.8, 4) is 11.5 Å². The highest BCUT2D eigenvalue weighted by Gasteiger charge is 2.21. The van der Waals surface area contributed by atoms with Crippen molar-refractivity contribution >= 4 is 50.5 Å². The molecule has 0 bridgehead atoms. The number of benzene rings is 5. The van der Waals surface area contributed by atoms with E-state index in [4.69, 9.17) is 21.0 Å². The number of anilines is 3. The summed E-state index contributed by atoms with van der Waals surface area (Å²) in [5, 5.41) is 1.31. The number of para-hydroxylation sites is 2. The number of halogens is 1. The van der Waals surface area contributed by atoms with Crippen LogP contribution in [0.15, 0.2) is 112 Å². The lowest BCUT2D eigenvalue weighted by Gasteiger charge is -2.25. The highest BCUT2D eigenvalue weighted by atomic mass is 35.5. The smallest absolute Gasteiger partial charge is 0.208 e. The number of rotatable bonds is 3. The lowest BCUT2D eigenvalue weighted by molar-refractivity contribution is 0.614. The van der Waals surface area contributed by atoms with Gasteiger partial charge in [-0.15, -0.1) is 0 Å². The van der Waals surface area contributed by atoms with Crippen LogP contribution in [-0.4, -0.2) is 4.98 Å². The molecular weight excluding hydrogens is 432 g/mol. The first kappa shape index (κ1) is 19.5. The minimum absolute atomic E-state index is 0.0477. The quantitative estimate of drug-likeness (QED) is 0.207. The fourth-order valence-electron chi connectivity index (χ4n) is 4.19. The van der Waals surface area contributed by atoms with Crippen molar-refractivity contribution in [3.05, 3.63) is 118 Å². The van der Waals surface area contributed by atoms with E-state index in [1.54, 1.807) is 6.07 Å². The SMILES string of the molecule is O=c1c(Cl)c2oc3cc(N(c4ccccc4)c4ccccc4)ccc3nc-2c2ccccc12. The van der Waals surface area contributed by atoms with Crippen LogP contribution in [0, 0.1) is 0 Å². The third-order valence-corrected chi connectivity index (χ3v) is 6.06. The number of aromatic nitrogens is 1. The summed E-state index contributed by atoms with van der Waals surface area (Å²) >= 11 is 6.44. The van der Waals surface area contributed by atoms with Gasteiger partial charge in [0.25, 0.3) is 0 Å². The summed E-state index contributed by atoms with van der Waals surface area (Å²) in [6, 6.07) is 33.4. The van der Waals surface area contributed by atoms with Crippen molar-refractivity contribution < 1.29 is 4.42 Å². The Kier molecular flexibility index (Phi) is 4.60. The molecule has 158 valence electrons. The third kappa shape index (κ3) is 3.23. The van der Waals surface area contributed by atoms with Crippen molar-refractivity contribution in [2.75, 3.05) is 4.90 Å². The summed E-state index contributed by atoms with van der Waals surface area (Å²) in [5.41, 5.74) is 4.50. The van der Waals surface area contributed by atoms with Crippen LogP contribution in [0.1, 0.15) is 0 Å². The van der Waals surface area contributed by atoms with Crippen LogP contribution in [0.3, 0.4) is 0 Å². The van der Waals surface area contributed by atoms with Crippen molar-refractivity contribution in [2.24, 2.45) is 0 Å². The summed E-state index contributed by atoms with van der Waals surface area (Å²) in [5.74, 6) is 0.302. The Hall–Kier alpha value is -4.15. The molecule has 33 heavy (non-hydrogen) atoms. The van der Waals surface area contributed by atoms with Gasteiger partial charge in [-0.1, -0.05) is 72.3 Å². The molecule has 0 atom stereocenters. The highest BCUT2D eigenvalue weighted by molar-refractivity contribution is 6.34. The van der Waals surface area contributed by atoms with Gasteiger partial charge < -0.3 is 9.32 Å². The Bertz CT molecular complexity index is 1610. The summed E-state index contributed by atoms with van der Waals surface area (Å²) in [6.45, 7) is 0. The second-order valence-electron chi connectivity index (χ2n) is 7.74. The zero-order chi connectivity index (χ0) is 22.4. The van der Waals surface area contributed by atoms with E-state index < -0.39 is 0 Å². The van der Waals surface area contributed by atoms with Gasteiger partial charge in [-0.3, -0.25) is 4.79 Å². The first-order chi connectivity index (χ1) is 16.2. The van der Waals surface area contributed by atoms with Crippen molar-refractivity contribution in [1.82, 2.24) is 4.98 Å². The molecule has 0 unspecified atom stereocenters. The van der Waals surface area contributed by atoms with Crippen LogP contribution < -0.4 is 10.3 Å². The minimum Gasteiger partial charge on any atom is -0.451 e. The van der Waals surface area contributed by atoms with Crippen LogP contribution in [0.25, 0.3) is 33.3 Å². The van der Waals surface area contributed by atoms with Gasteiger partial charge in [-0.2, -0.15) is 0 Å². The maximum Gasteiger partial charge on any atom is 0.208 e. The molecule has 1 aliphatic carbocycles. The van der Waals surface area contributed by atoms with Crippen LogP contribution in [0.4, 0.5) is 17.1 Å². The van der Waals surface area contributed by atoms with Gasteiger partial charge in [0, 0.05) is 33.9 Å². The zero-order valence-electron chi connectivity index (χ0n) is 17.4. The van der Waals surface area contributed by atoms with E-state index in [2.05, 4.69) is 29.2 Å². The molecule has 1 heterocycles. The van der Waals surface area contributed by atoms with E-state index in [1.165, 1.54) is 0 Å². The van der Waals surface area contributed by atoms with Gasteiger partial charge >= 0.3 is 0 Å². The molecule has 0 aromatic heterocycles. The molecule has 4 aromatic carbocycles. The summed E-state index contributed by atoms with van der Waals surface area (Å²) in [7, 11) is 0. The fourth-order valence-corrected chi connectivity index (χ4v) is 4.42. The molecule has 0 saturated carbocycles. The van der Waals surface area contributed by atoms with Gasteiger partial charge in [0.1, 0.15) is 16.2 Å². The van der Waals surface area contributed by atoms with Gasteiger partial charge in [0.05, 0.1) is 0 Å². The largest absolute Gasteiger partial charge is 0.451 e. The molecule has 0 radical (unpaired) electrons. The first-order valence-corrected chi connectivity index (χ1v) is 10.9. The minimum atomic E-state index is -0.254. The zero-order valence-corrected chi connectivity index (χ0v) is 18.2. The Morgan fingerprint density at radius 2 is 1.30 bits per heavy atom. The molecule has 5 heteroatoms. The van der Waals surface area contributed by atoms with E-state index in [0.29, 0.717) is 27.9 Å². The molecule has 4 nitrogen and oxygen atoms in total. The van der Waals surface area contributed by atoms with Crippen molar-refractivity contribution in [1.29, 1.82) is 0 Å². The van der Waals surface area contributed by atoms with Crippen LogP contribution >= 0.6 is 11.6 Å². The van der Waals surface area contributed by atoms with E-state index in [-0.39, 0.29) is 10.5 Å². The molecule has 6 rings (SSSR count). The predicted octanol–water partition coefficient (Wildman–Crippen LogP) is 7.57. The molecule has 0 fully saturated rings. The van der Waals surface area contributed by atoms with Crippen LogP contribution in [0.5, 0.6) is 0 Å². The summed E-state index contributed by atoms with van der Waals surface area (Å²) in [6.07, 6.45) is 0. The first-order valence-electron chi connectivity index (χ1n) is 10.6. The van der Waals surface area contributed by atoms with E-state index >= 15 is 0 Å². The van der Waals surface area contributed by atoms with E-state index in [0.717, 1.165) is 22.4 Å². The Labute approximate surface area is 194 Å². The standard InChI is InChI=1S/C28H17ClN2O2/c29-25-27(32)22-14-8-7-13-21(22)26-28(25)33-24-17-20(15-16-23(24)30-26)31(18-9-3-1-4-10-18)19-11-5-2-6-12-19/h1-17H. The number of nitrogens with zero attached hydrogens (tertiary/aromatic N) is 2. The second kappa shape index (κ2) is 7.76. The van der Waals surface area contributed by atoms with Gasteiger partial charge in [0.15, 0.2) is 11.3 Å². The number of hydrogen-bond donors (Lipinski definition) is 0. The maximum atomic E-state index is 12.8. The van der Waals surface area contributed by atoms with Crippen molar-refractivity contribution in [3.63, 3.8) is 0 Å². The average Bonchev–Trinajstić information content (AvgIpc) is 2.88. The number of hydrogen-bond acceptors (Lipinski definition) is 4.